The molecule has 1 aliphatic carbocycles. The molecule has 0 aliphatic heterocycles. The van der Waals surface area contributed by atoms with E-state index in [-0.39, 0.29) is 17.2 Å². The van der Waals surface area contributed by atoms with Gasteiger partial charge in [-0.1, -0.05) is 0 Å². The van der Waals surface area contributed by atoms with Gasteiger partial charge in [-0.25, -0.2) is 8.78 Å². The molecule has 0 amide bonds. The molecule has 1 aromatic carbocycles. The van der Waals surface area contributed by atoms with Gasteiger partial charge in [0.15, 0.2) is 17.0 Å². The summed E-state index contributed by atoms with van der Waals surface area (Å²) in [5.41, 5.74) is 0.670. The van der Waals surface area contributed by atoms with Crippen molar-refractivity contribution in [3.8, 4) is 5.75 Å². The number of nitrogens with zero attached hydrogens (tertiary/aromatic N) is 1. The van der Waals surface area contributed by atoms with Gasteiger partial charge in [0.25, 0.3) is 0 Å². The van der Waals surface area contributed by atoms with Crippen LogP contribution in [0.4, 0.5) is 8.78 Å². The van der Waals surface area contributed by atoms with Crippen molar-refractivity contribution < 1.29 is 13.5 Å². The number of aryl methyl sites for hydroxylation is 1. The van der Waals surface area contributed by atoms with E-state index in [9.17, 15) is 13.6 Å². The van der Waals surface area contributed by atoms with Gasteiger partial charge < -0.3 is 9.30 Å². The number of hydrogen-bond donors (Lipinski definition) is 0. The molecule has 0 spiro atoms. The molecular formula is C14H13F2NO2. The molecule has 1 heterocycles. The minimum Gasteiger partial charge on any atom is -0.492 e. The van der Waals surface area contributed by atoms with E-state index in [2.05, 4.69) is 0 Å². The third-order valence-corrected chi connectivity index (χ3v) is 3.52. The van der Waals surface area contributed by atoms with Crippen LogP contribution in [0, 0.1) is 12.7 Å². The second-order valence-electron chi connectivity index (χ2n) is 4.84. The average molecular weight is 265 g/mol. The Labute approximate surface area is 108 Å². The molecule has 100 valence electrons. The van der Waals surface area contributed by atoms with Gasteiger partial charge in [0.2, 0.25) is 0 Å². The summed E-state index contributed by atoms with van der Waals surface area (Å²) < 4.78 is 33.8. The van der Waals surface area contributed by atoms with E-state index in [0.717, 1.165) is 0 Å². The van der Waals surface area contributed by atoms with Crippen molar-refractivity contribution in [3.05, 3.63) is 39.9 Å². The highest BCUT2D eigenvalue weighted by molar-refractivity contribution is 5.86. The van der Waals surface area contributed by atoms with E-state index >= 15 is 0 Å². The molecule has 1 aliphatic rings. The molecule has 0 radical (unpaired) electrons. The Morgan fingerprint density at radius 3 is 2.68 bits per heavy atom. The van der Waals surface area contributed by atoms with Crippen LogP contribution in [0.15, 0.2) is 23.1 Å². The first-order valence-corrected chi connectivity index (χ1v) is 6.06. The summed E-state index contributed by atoms with van der Waals surface area (Å²) in [6, 6.07) is 2.29. The van der Waals surface area contributed by atoms with Crippen LogP contribution >= 0.6 is 0 Å². The van der Waals surface area contributed by atoms with Gasteiger partial charge in [0.1, 0.15) is 6.17 Å². The number of rotatable bonds is 2. The summed E-state index contributed by atoms with van der Waals surface area (Å²) in [6.07, 6.45) is 1.02. The molecule has 1 fully saturated rings. The fourth-order valence-corrected chi connectivity index (χ4v) is 2.43. The average Bonchev–Trinajstić information content (AvgIpc) is 3.10. The number of halogens is 2. The maximum absolute atomic E-state index is 13.8. The van der Waals surface area contributed by atoms with Crippen molar-refractivity contribution in [3.63, 3.8) is 0 Å². The van der Waals surface area contributed by atoms with E-state index < -0.39 is 12.0 Å². The van der Waals surface area contributed by atoms with Gasteiger partial charge in [-0.2, -0.15) is 0 Å². The zero-order valence-corrected chi connectivity index (χ0v) is 10.6. The summed E-state index contributed by atoms with van der Waals surface area (Å²) in [7, 11) is 1.34. The van der Waals surface area contributed by atoms with Gasteiger partial charge in [0.05, 0.1) is 18.7 Å². The number of alkyl halides is 1. The molecule has 0 N–H and O–H groups in total. The summed E-state index contributed by atoms with van der Waals surface area (Å²) in [4.78, 5) is 12.1. The number of pyridine rings is 1. The Bertz CT molecular complexity index is 723. The fourth-order valence-electron chi connectivity index (χ4n) is 2.43. The third kappa shape index (κ3) is 1.72. The first-order valence-electron chi connectivity index (χ1n) is 6.06. The number of aromatic nitrogens is 1. The summed E-state index contributed by atoms with van der Waals surface area (Å²) in [5, 5.41) is 0.359. The van der Waals surface area contributed by atoms with Crippen LogP contribution in [0.2, 0.25) is 0 Å². The second-order valence-corrected chi connectivity index (χ2v) is 4.84. The van der Waals surface area contributed by atoms with Crippen molar-refractivity contribution in [2.24, 2.45) is 0 Å². The first-order chi connectivity index (χ1) is 9.04. The number of hydrogen-bond acceptors (Lipinski definition) is 2. The third-order valence-electron chi connectivity index (χ3n) is 3.52. The van der Waals surface area contributed by atoms with Crippen molar-refractivity contribution in [1.82, 2.24) is 4.57 Å². The lowest BCUT2D eigenvalue weighted by molar-refractivity contribution is 0.387. The quantitative estimate of drug-likeness (QED) is 0.836. The lowest BCUT2D eigenvalue weighted by Gasteiger charge is -2.14. The van der Waals surface area contributed by atoms with Crippen LogP contribution in [0.3, 0.4) is 0 Å². The lowest BCUT2D eigenvalue weighted by Crippen LogP contribution is -2.13. The topological polar surface area (TPSA) is 31.2 Å². The fraction of sp³-hybridized carbons (Fsp3) is 0.357. The Balaban J connectivity index is 2.44. The van der Waals surface area contributed by atoms with Crippen molar-refractivity contribution >= 4 is 10.9 Å². The van der Waals surface area contributed by atoms with Crippen molar-refractivity contribution in [2.45, 2.75) is 25.6 Å². The maximum Gasteiger partial charge on any atom is 0.192 e. The maximum atomic E-state index is 13.8. The zero-order valence-electron chi connectivity index (χ0n) is 10.6. The van der Waals surface area contributed by atoms with Crippen LogP contribution in [0.5, 0.6) is 5.75 Å². The molecular weight excluding hydrogens is 252 g/mol. The molecule has 1 saturated carbocycles. The van der Waals surface area contributed by atoms with Gasteiger partial charge >= 0.3 is 0 Å². The van der Waals surface area contributed by atoms with Crippen LogP contribution in [-0.4, -0.2) is 17.8 Å². The predicted octanol–water partition coefficient (Wildman–Crippen LogP) is 2.74. The molecule has 3 nitrogen and oxygen atoms in total. The standard InChI is InChI=1S/C14H13F2NO2/c1-7-6-17(11-5-10(11)16)12-8(13(7)18)3-4-9(15)14(12)19-2/h3-4,6,10-11H,5H2,1-2H3/t10-,11+/m0/s1. The molecule has 5 heteroatoms. The highest BCUT2D eigenvalue weighted by Crippen LogP contribution is 2.42. The van der Waals surface area contributed by atoms with Crippen molar-refractivity contribution in [2.75, 3.05) is 7.11 Å². The Morgan fingerprint density at radius 2 is 2.11 bits per heavy atom. The highest BCUT2D eigenvalue weighted by Gasteiger charge is 2.40. The Hall–Kier alpha value is -1.91. The smallest absolute Gasteiger partial charge is 0.192 e. The van der Waals surface area contributed by atoms with E-state index in [1.165, 1.54) is 19.2 Å². The van der Waals surface area contributed by atoms with E-state index in [1.807, 2.05) is 0 Å². The summed E-state index contributed by atoms with van der Waals surface area (Å²) >= 11 is 0. The molecule has 0 unspecified atom stereocenters. The van der Waals surface area contributed by atoms with Gasteiger partial charge in [-0.3, -0.25) is 4.79 Å². The molecule has 2 aromatic rings. The molecule has 1 aromatic heterocycles. The van der Waals surface area contributed by atoms with Crippen LogP contribution in [0.1, 0.15) is 18.0 Å². The summed E-state index contributed by atoms with van der Waals surface area (Å²) in [6.45, 7) is 1.67. The molecule has 0 bridgehead atoms. The highest BCUT2D eigenvalue weighted by atomic mass is 19.1. The number of ether oxygens (including phenoxy) is 1. The molecule has 2 atom stereocenters. The summed E-state index contributed by atoms with van der Waals surface area (Å²) in [5.74, 6) is -0.559. The normalized spacial score (nSPS) is 21.7. The minimum atomic E-state index is -0.946. The second kappa shape index (κ2) is 4.05. The molecule has 19 heavy (non-hydrogen) atoms. The Morgan fingerprint density at radius 1 is 1.42 bits per heavy atom. The zero-order chi connectivity index (χ0) is 13.7. The Kier molecular flexibility index (Phi) is 2.59. The SMILES string of the molecule is COc1c(F)ccc2c(=O)c(C)cn([C@@H]3C[C@@H]3F)c12. The van der Waals surface area contributed by atoms with Crippen LogP contribution < -0.4 is 10.2 Å². The number of benzene rings is 1. The number of fused-ring (bicyclic) bond motifs is 1. The molecule has 3 rings (SSSR count). The predicted molar refractivity (Wildman–Crippen MR) is 68.0 cm³/mol. The molecule has 0 saturated heterocycles. The first kappa shape index (κ1) is 12.1. The minimum absolute atomic E-state index is 0.00583. The van der Waals surface area contributed by atoms with Crippen LogP contribution in [0.25, 0.3) is 10.9 Å². The lowest BCUT2D eigenvalue weighted by atomic mass is 10.1. The largest absolute Gasteiger partial charge is 0.492 e. The van der Waals surface area contributed by atoms with Gasteiger partial charge in [0, 0.05) is 23.6 Å². The van der Waals surface area contributed by atoms with Gasteiger partial charge in [-0.05, 0) is 19.1 Å². The van der Waals surface area contributed by atoms with Crippen LogP contribution in [-0.2, 0) is 0 Å². The monoisotopic (exact) mass is 265 g/mol. The van der Waals surface area contributed by atoms with E-state index in [1.54, 1.807) is 17.7 Å². The van der Waals surface area contributed by atoms with E-state index in [4.69, 9.17) is 4.74 Å². The van der Waals surface area contributed by atoms with Gasteiger partial charge in [-0.15, -0.1) is 0 Å². The van der Waals surface area contributed by atoms with Crippen molar-refractivity contribution in [1.29, 1.82) is 0 Å². The van der Waals surface area contributed by atoms with E-state index in [0.29, 0.717) is 22.9 Å². The number of methoxy groups -OCH3 is 1.